The number of nitrogens with zero attached hydrogens (tertiary/aromatic N) is 2. The van der Waals surface area contributed by atoms with Gasteiger partial charge in [0.1, 0.15) is 0 Å². The largest absolute Gasteiger partial charge is 0.344 e. The van der Waals surface area contributed by atoms with Crippen molar-refractivity contribution in [3.63, 3.8) is 0 Å². The normalized spacial score (nSPS) is 6.50. The van der Waals surface area contributed by atoms with E-state index in [1.807, 2.05) is 13.8 Å². The summed E-state index contributed by atoms with van der Waals surface area (Å²) in [7, 11) is 0. The third kappa shape index (κ3) is 9.02. The van der Waals surface area contributed by atoms with Crippen molar-refractivity contribution >= 4 is 0 Å². The summed E-state index contributed by atoms with van der Waals surface area (Å²) in [6.07, 6.45) is 0. The van der Waals surface area contributed by atoms with Gasteiger partial charge in [-0.25, -0.2) is 5.90 Å². The van der Waals surface area contributed by atoms with Crippen molar-refractivity contribution in [2.75, 3.05) is 0 Å². The minimum absolute atomic E-state index is 0. The van der Waals surface area contributed by atoms with Crippen molar-refractivity contribution in [1.82, 2.24) is 16.3 Å². The quantitative estimate of drug-likeness (QED) is 0.513. The summed E-state index contributed by atoms with van der Waals surface area (Å²) in [5.41, 5.74) is 0. The van der Waals surface area contributed by atoms with Gasteiger partial charge in [0.25, 0.3) is 0 Å². The molecule has 1 aromatic rings. The van der Waals surface area contributed by atoms with Crippen LogP contribution in [0.2, 0.25) is 0 Å². The van der Waals surface area contributed by atoms with Crippen LogP contribution in [0.3, 0.4) is 0 Å². The predicted molar refractivity (Wildman–Crippen MR) is 46.1 cm³/mol. The van der Waals surface area contributed by atoms with Gasteiger partial charge in [-0.2, -0.15) is 4.98 Å². The Hall–Kier alpha value is -0.980. The summed E-state index contributed by atoms with van der Waals surface area (Å²) in [5.74, 6) is 4.81. The number of hydrogen-bond acceptors (Lipinski definition) is 6. The highest BCUT2D eigenvalue weighted by Crippen LogP contribution is 1.89. The van der Waals surface area contributed by atoms with Crippen LogP contribution in [0.1, 0.15) is 25.6 Å². The number of hydrogen-bond donors (Lipinski definition) is 3. The second kappa shape index (κ2) is 12.7. The van der Waals surface area contributed by atoms with Crippen molar-refractivity contribution in [1.29, 1.82) is 0 Å². The Morgan fingerprint density at radius 2 is 1.67 bits per heavy atom. The minimum Gasteiger partial charge on any atom is -0.344 e. The summed E-state index contributed by atoms with van der Waals surface area (Å²) in [6.45, 7) is 7.55. The molecule has 6 nitrogen and oxygen atoms in total. The monoisotopic (exact) mass is 178 g/mol. The van der Waals surface area contributed by atoms with Gasteiger partial charge < -0.3 is 15.9 Å². The average molecular weight is 178 g/mol. The number of aryl methyl sites for hydroxylation is 2. The average Bonchev–Trinajstić information content (AvgIpc) is 2.43. The molecule has 0 saturated carbocycles. The maximum atomic E-state index is 6.50. The van der Waals surface area contributed by atoms with Crippen LogP contribution in [0.5, 0.6) is 0 Å². The van der Waals surface area contributed by atoms with E-state index in [0.717, 1.165) is 0 Å². The molecule has 0 aromatic carbocycles. The molecular formula is C6H18N4O2. The topological polar surface area (TPSA) is 120 Å². The lowest BCUT2D eigenvalue weighted by molar-refractivity contribution is 0.311. The van der Waals surface area contributed by atoms with Crippen molar-refractivity contribution in [2.45, 2.75) is 27.7 Å². The van der Waals surface area contributed by atoms with E-state index in [9.17, 15) is 0 Å². The van der Waals surface area contributed by atoms with E-state index in [1.54, 1.807) is 13.8 Å². The minimum atomic E-state index is 0. The van der Waals surface area contributed by atoms with Crippen LogP contribution >= 0.6 is 0 Å². The molecule has 1 aromatic heterocycles. The first-order valence-electron chi connectivity index (χ1n) is 3.32. The molecule has 6 heteroatoms. The Kier molecular flexibility index (Phi) is 18.2. The molecular weight excluding hydrogens is 160 g/mol. The first-order chi connectivity index (χ1) is 5.29. The van der Waals surface area contributed by atoms with Crippen molar-refractivity contribution in [2.24, 2.45) is 5.90 Å². The summed E-state index contributed by atoms with van der Waals surface area (Å²) >= 11 is 0. The maximum Gasteiger partial charge on any atom is 0.223 e. The standard InChI is InChI=1S/C4H6N2O.C2H6.H3NO.H3N/c1-3-5-4(2)7-6-3;2*1-2;/h1-2H3;1-2H3;2H,1H2;1H3. The van der Waals surface area contributed by atoms with Crippen LogP contribution in [0.4, 0.5) is 0 Å². The van der Waals surface area contributed by atoms with Gasteiger partial charge in [-0.05, 0) is 6.92 Å². The van der Waals surface area contributed by atoms with Gasteiger partial charge in [-0.1, -0.05) is 19.0 Å². The molecule has 12 heavy (non-hydrogen) atoms. The second-order valence-corrected chi connectivity index (χ2v) is 1.36. The highest BCUT2D eigenvalue weighted by molar-refractivity contribution is 4.77. The zero-order chi connectivity index (χ0) is 9.28. The molecule has 0 saturated heterocycles. The van der Waals surface area contributed by atoms with Gasteiger partial charge in [-0.15, -0.1) is 0 Å². The fourth-order valence-corrected chi connectivity index (χ4v) is 0.401. The van der Waals surface area contributed by atoms with Crippen LogP contribution < -0.4 is 12.0 Å². The smallest absolute Gasteiger partial charge is 0.223 e. The van der Waals surface area contributed by atoms with E-state index in [4.69, 9.17) is 5.21 Å². The summed E-state index contributed by atoms with van der Waals surface area (Å²) in [5, 5.41) is 10.0. The van der Waals surface area contributed by atoms with Gasteiger partial charge in [0.15, 0.2) is 5.82 Å². The molecule has 0 fully saturated rings. The molecule has 0 aliphatic heterocycles. The highest BCUT2D eigenvalue weighted by atomic mass is 16.5. The highest BCUT2D eigenvalue weighted by Gasteiger charge is 1.89. The third-order valence-electron chi connectivity index (χ3n) is 0.629. The zero-order valence-electron chi connectivity index (χ0n) is 8.03. The SMILES string of the molecule is CC.Cc1noc(C)n1.N.NO. The van der Waals surface area contributed by atoms with Crippen LogP contribution in [-0.4, -0.2) is 15.3 Å². The summed E-state index contributed by atoms with van der Waals surface area (Å²) in [4.78, 5) is 3.83. The van der Waals surface area contributed by atoms with E-state index >= 15 is 0 Å². The number of rotatable bonds is 0. The Morgan fingerprint density at radius 1 is 1.25 bits per heavy atom. The van der Waals surface area contributed by atoms with E-state index < -0.39 is 0 Å². The van der Waals surface area contributed by atoms with Crippen LogP contribution in [0.15, 0.2) is 4.52 Å². The van der Waals surface area contributed by atoms with Crippen LogP contribution in [0, 0.1) is 13.8 Å². The zero-order valence-corrected chi connectivity index (χ0v) is 8.03. The molecule has 1 rings (SSSR count). The molecule has 0 bridgehead atoms. The van der Waals surface area contributed by atoms with E-state index in [1.165, 1.54) is 0 Å². The predicted octanol–water partition coefficient (Wildman–Crippen LogP) is 1.21. The van der Waals surface area contributed by atoms with Gasteiger partial charge in [0.2, 0.25) is 5.89 Å². The van der Waals surface area contributed by atoms with E-state index in [2.05, 4.69) is 20.6 Å². The summed E-state index contributed by atoms with van der Waals surface area (Å²) < 4.78 is 4.60. The molecule has 0 radical (unpaired) electrons. The Morgan fingerprint density at radius 3 is 1.75 bits per heavy atom. The molecule has 0 amide bonds. The molecule has 0 spiro atoms. The van der Waals surface area contributed by atoms with Gasteiger partial charge in [0.05, 0.1) is 0 Å². The molecule has 0 aliphatic rings. The Labute approximate surface area is 72.3 Å². The molecule has 1 heterocycles. The second-order valence-electron chi connectivity index (χ2n) is 1.36. The first-order valence-corrected chi connectivity index (χ1v) is 3.32. The fourth-order valence-electron chi connectivity index (χ4n) is 0.401. The fraction of sp³-hybridized carbons (Fsp3) is 0.667. The first kappa shape index (κ1) is 17.2. The van der Waals surface area contributed by atoms with Gasteiger partial charge in [-0.3, -0.25) is 0 Å². The molecule has 74 valence electrons. The summed E-state index contributed by atoms with van der Waals surface area (Å²) in [6, 6.07) is 0. The van der Waals surface area contributed by atoms with E-state index in [-0.39, 0.29) is 6.15 Å². The van der Waals surface area contributed by atoms with Gasteiger partial charge in [0, 0.05) is 6.92 Å². The third-order valence-corrected chi connectivity index (χ3v) is 0.629. The molecule has 6 N–H and O–H groups in total. The molecule has 0 aliphatic carbocycles. The molecule has 0 atom stereocenters. The Balaban J connectivity index is -0.000000144. The van der Waals surface area contributed by atoms with Crippen LogP contribution in [0.25, 0.3) is 0 Å². The Bertz CT molecular complexity index is 150. The van der Waals surface area contributed by atoms with Crippen molar-refractivity contribution in [3.8, 4) is 0 Å². The van der Waals surface area contributed by atoms with Crippen LogP contribution in [-0.2, 0) is 0 Å². The van der Waals surface area contributed by atoms with Crippen molar-refractivity contribution in [3.05, 3.63) is 11.7 Å². The maximum absolute atomic E-state index is 6.50. The molecule has 0 unspecified atom stereocenters. The lowest BCUT2D eigenvalue weighted by atomic mass is 10.7. The lowest BCUT2D eigenvalue weighted by Gasteiger charge is -1.64. The van der Waals surface area contributed by atoms with Crippen molar-refractivity contribution < 1.29 is 9.73 Å². The number of nitrogens with two attached hydrogens (primary N) is 1. The van der Waals surface area contributed by atoms with Gasteiger partial charge >= 0.3 is 0 Å². The van der Waals surface area contributed by atoms with E-state index in [0.29, 0.717) is 11.7 Å². The number of aromatic nitrogens is 2. The lowest BCUT2D eigenvalue weighted by Crippen LogP contribution is -1.72.